The molecule has 1 N–H and O–H groups in total. The van der Waals surface area contributed by atoms with E-state index in [1.54, 1.807) is 32.0 Å². The van der Waals surface area contributed by atoms with Crippen LogP contribution in [0, 0.1) is 19.7 Å². The van der Waals surface area contributed by atoms with Crippen molar-refractivity contribution in [3.05, 3.63) is 47.1 Å². The predicted octanol–water partition coefficient (Wildman–Crippen LogP) is 2.61. The van der Waals surface area contributed by atoms with Gasteiger partial charge in [0.1, 0.15) is 17.2 Å². The van der Waals surface area contributed by atoms with Gasteiger partial charge in [0.15, 0.2) is 5.76 Å². The third-order valence-electron chi connectivity index (χ3n) is 2.61. The molecular weight excluding hydrogens is 235 g/mol. The largest absolute Gasteiger partial charge is 0.359 e. The lowest BCUT2D eigenvalue weighted by Crippen LogP contribution is -2.16. The molecule has 0 aliphatic heterocycles. The third-order valence-corrected chi connectivity index (χ3v) is 2.61. The topological polar surface area (TPSA) is 55.1 Å². The maximum atomic E-state index is 13.4. The average molecular weight is 248 g/mol. The lowest BCUT2D eigenvalue weighted by Gasteiger charge is -2.05. The molecular formula is C13H13FN2O2. The van der Waals surface area contributed by atoms with E-state index in [2.05, 4.69) is 10.5 Å². The third kappa shape index (κ3) is 2.56. The second-order valence-electron chi connectivity index (χ2n) is 4.02. The molecule has 1 amide bonds. The van der Waals surface area contributed by atoms with E-state index in [9.17, 15) is 9.18 Å². The van der Waals surface area contributed by atoms with E-state index in [0.29, 0.717) is 22.7 Å². The van der Waals surface area contributed by atoms with Crippen molar-refractivity contribution in [2.45, 2.75) is 20.3 Å². The van der Waals surface area contributed by atoms with Gasteiger partial charge in [-0.25, -0.2) is 4.39 Å². The highest BCUT2D eigenvalue weighted by Gasteiger charge is 2.13. The van der Waals surface area contributed by atoms with Crippen LogP contribution < -0.4 is 5.32 Å². The van der Waals surface area contributed by atoms with Gasteiger partial charge in [-0.2, -0.15) is 0 Å². The van der Waals surface area contributed by atoms with E-state index in [1.165, 1.54) is 6.07 Å². The molecule has 0 aliphatic rings. The molecule has 0 radical (unpaired) electrons. The number of benzene rings is 1. The van der Waals surface area contributed by atoms with Crippen molar-refractivity contribution in [3.63, 3.8) is 0 Å². The van der Waals surface area contributed by atoms with Gasteiger partial charge in [-0.05, 0) is 25.5 Å². The summed E-state index contributed by atoms with van der Waals surface area (Å²) in [7, 11) is 0. The summed E-state index contributed by atoms with van der Waals surface area (Å²) in [5.41, 5.74) is 1.52. The minimum atomic E-state index is -0.383. The Balaban J connectivity index is 2.08. The Morgan fingerprint density at radius 2 is 2.11 bits per heavy atom. The molecule has 0 saturated heterocycles. The average Bonchev–Trinajstić information content (AvgIpc) is 2.64. The Labute approximate surface area is 104 Å². The molecule has 0 atom stereocenters. The van der Waals surface area contributed by atoms with Gasteiger partial charge in [-0.15, -0.1) is 0 Å². The first-order valence-corrected chi connectivity index (χ1v) is 5.54. The van der Waals surface area contributed by atoms with Crippen LogP contribution in [0.4, 0.5) is 10.1 Å². The van der Waals surface area contributed by atoms with Gasteiger partial charge in [0.2, 0.25) is 5.91 Å². The molecule has 0 unspecified atom stereocenters. The minimum absolute atomic E-state index is 0.0171. The maximum absolute atomic E-state index is 13.4. The summed E-state index contributed by atoms with van der Waals surface area (Å²) >= 11 is 0. The zero-order valence-corrected chi connectivity index (χ0v) is 10.2. The van der Waals surface area contributed by atoms with Gasteiger partial charge in [0.25, 0.3) is 0 Å². The number of nitrogens with zero attached hydrogens (tertiary/aromatic N) is 1. The van der Waals surface area contributed by atoms with Crippen LogP contribution in [-0.2, 0) is 11.2 Å². The van der Waals surface area contributed by atoms with E-state index >= 15 is 0 Å². The fraction of sp³-hybridized carbons (Fsp3) is 0.231. The summed E-state index contributed by atoms with van der Waals surface area (Å²) in [6.45, 7) is 3.44. The Kier molecular flexibility index (Phi) is 3.41. The molecule has 0 spiro atoms. The standard InChI is InChI=1S/C13H13FN2O2/c1-8-13(9(2)18-16-8)15-12(17)7-10-5-3-4-6-11(10)14/h3-6H,7H2,1-2H3,(H,15,17). The van der Waals surface area contributed by atoms with Crippen LogP contribution >= 0.6 is 0 Å². The molecule has 2 aromatic rings. The van der Waals surface area contributed by atoms with Crippen molar-refractivity contribution >= 4 is 11.6 Å². The SMILES string of the molecule is Cc1noc(C)c1NC(=O)Cc1ccccc1F. The lowest BCUT2D eigenvalue weighted by atomic mass is 10.1. The van der Waals surface area contributed by atoms with Gasteiger partial charge in [0, 0.05) is 0 Å². The van der Waals surface area contributed by atoms with Crippen LogP contribution in [0.15, 0.2) is 28.8 Å². The van der Waals surface area contributed by atoms with E-state index in [-0.39, 0.29) is 18.1 Å². The zero-order chi connectivity index (χ0) is 13.1. The lowest BCUT2D eigenvalue weighted by molar-refractivity contribution is -0.115. The highest BCUT2D eigenvalue weighted by atomic mass is 19.1. The summed E-state index contributed by atoms with van der Waals surface area (Å²) in [5.74, 6) is -0.143. The summed E-state index contributed by atoms with van der Waals surface area (Å²) in [6, 6.07) is 6.20. The molecule has 0 bridgehead atoms. The van der Waals surface area contributed by atoms with Gasteiger partial charge < -0.3 is 9.84 Å². The van der Waals surface area contributed by atoms with Gasteiger partial charge >= 0.3 is 0 Å². The first-order chi connectivity index (χ1) is 8.58. The monoisotopic (exact) mass is 248 g/mol. The van der Waals surface area contributed by atoms with Crippen molar-refractivity contribution in [1.82, 2.24) is 5.16 Å². The molecule has 0 fully saturated rings. The van der Waals surface area contributed by atoms with Gasteiger partial charge in [-0.3, -0.25) is 4.79 Å². The maximum Gasteiger partial charge on any atom is 0.229 e. The molecule has 5 heteroatoms. The first kappa shape index (κ1) is 12.3. The molecule has 18 heavy (non-hydrogen) atoms. The van der Waals surface area contributed by atoms with Crippen LogP contribution in [0.1, 0.15) is 17.0 Å². The van der Waals surface area contributed by atoms with Crippen LogP contribution in [0.2, 0.25) is 0 Å². The molecule has 4 nitrogen and oxygen atoms in total. The number of nitrogens with one attached hydrogen (secondary N) is 1. The van der Waals surface area contributed by atoms with E-state index < -0.39 is 0 Å². The molecule has 2 rings (SSSR count). The Hall–Kier alpha value is -2.17. The smallest absolute Gasteiger partial charge is 0.229 e. The van der Waals surface area contributed by atoms with E-state index in [1.807, 2.05) is 0 Å². The molecule has 1 aromatic heterocycles. The number of hydrogen-bond acceptors (Lipinski definition) is 3. The molecule has 1 heterocycles. The van der Waals surface area contributed by atoms with Crippen molar-refractivity contribution < 1.29 is 13.7 Å². The number of anilines is 1. The number of hydrogen-bond donors (Lipinski definition) is 1. The zero-order valence-electron chi connectivity index (χ0n) is 10.2. The Bertz CT molecular complexity index is 559. The summed E-state index contributed by atoms with van der Waals surface area (Å²) in [6.07, 6.45) is -0.0171. The Morgan fingerprint density at radius 1 is 1.39 bits per heavy atom. The Morgan fingerprint density at radius 3 is 2.72 bits per heavy atom. The molecule has 1 aromatic carbocycles. The minimum Gasteiger partial charge on any atom is -0.359 e. The van der Waals surface area contributed by atoms with Crippen molar-refractivity contribution in [2.24, 2.45) is 0 Å². The van der Waals surface area contributed by atoms with Crippen LogP contribution in [0.3, 0.4) is 0 Å². The highest BCUT2D eigenvalue weighted by Crippen LogP contribution is 2.19. The quantitative estimate of drug-likeness (QED) is 0.908. The predicted molar refractivity (Wildman–Crippen MR) is 64.7 cm³/mol. The second kappa shape index (κ2) is 5.00. The van der Waals surface area contributed by atoms with Crippen LogP contribution in [0.25, 0.3) is 0 Å². The van der Waals surface area contributed by atoms with Crippen molar-refractivity contribution in [2.75, 3.05) is 5.32 Å². The number of halogens is 1. The first-order valence-electron chi connectivity index (χ1n) is 5.54. The van der Waals surface area contributed by atoms with E-state index in [4.69, 9.17) is 4.52 Å². The van der Waals surface area contributed by atoms with Crippen LogP contribution in [-0.4, -0.2) is 11.1 Å². The molecule has 94 valence electrons. The van der Waals surface area contributed by atoms with E-state index in [0.717, 1.165) is 0 Å². The van der Waals surface area contributed by atoms with Gasteiger partial charge in [0.05, 0.1) is 6.42 Å². The highest BCUT2D eigenvalue weighted by molar-refractivity contribution is 5.93. The summed E-state index contributed by atoms with van der Waals surface area (Å²) < 4.78 is 18.3. The van der Waals surface area contributed by atoms with Crippen LogP contribution in [0.5, 0.6) is 0 Å². The molecule has 0 aliphatic carbocycles. The number of carbonyl (C=O) groups is 1. The second-order valence-corrected chi connectivity index (χ2v) is 4.02. The van der Waals surface area contributed by atoms with Crippen molar-refractivity contribution in [3.8, 4) is 0 Å². The van der Waals surface area contributed by atoms with Gasteiger partial charge in [-0.1, -0.05) is 23.4 Å². The number of amides is 1. The number of aryl methyl sites for hydroxylation is 2. The number of aromatic nitrogens is 1. The molecule has 0 saturated carbocycles. The fourth-order valence-corrected chi connectivity index (χ4v) is 1.66. The number of carbonyl (C=O) groups excluding carboxylic acids is 1. The van der Waals surface area contributed by atoms with Crippen molar-refractivity contribution in [1.29, 1.82) is 0 Å². The summed E-state index contributed by atoms with van der Waals surface area (Å²) in [5, 5.41) is 6.40. The fourth-order valence-electron chi connectivity index (χ4n) is 1.66. The number of rotatable bonds is 3. The normalized spacial score (nSPS) is 10.4. The summed E-state index contributed by atoms with van der Waals surface area (Å²) in [4.78, 5) is 11.8.